The molecule has 2 aromatic carbocycles. The molecule has 0 aliphatic carbocycles. The van der Waals surface area contributed by atoms with E-state index in [1.807, 2.05) is 29.6 Å². The van der Waals surface area contributed by atoms with Crippen molar-refractivity contribution in [3.05, 3.63) is 87.1 Å². The highest BCUT2D eigenvalue weighted by Gasteiger charge is 2.21. The van der Waals surface area contributed by atoms with Gasteiger partial charge in [-0.15, -0.1) is 11.3 Å². The van der Waals surface area contributed by atoms with E-state index in [4.69, 9.17) is 0 Å². The second kappa shape index (κ2) is 8.29. The molecule has 3 aromatic rings. The van der Waals surface area contributed by atoms with Crippen LogP contribution in [0.25, 0.3) is 0 Å². The van der Waals surface area contributed by atoms with Crippen molar-refractivity contribution in [2.75, 3.05) is 6.26 Å². The fourth-order valence-electron chi connectivity index (χ4n) is 3.01. The number of hydrogen-bond donors (Lipinski definition) is 1. The van der Waals surface area contributed by atoms with E-state index >= 15 is 0 Å². The van der Waals surface area contributed by atoms with Gasteiger partial charge in [0.25, 0.3) is 5.91 Å². The minimum absolute atomic E-state index is 0.142. The second-order valence-electron chi connectivity index (χ2n) is 6.77. The number of benzene rings is 2. The number of sulfone groups is 1. The topological polar surface area (TPSA) is 63.2 Å². The summed E-state index contributed by atoms with van der Waals surface area (Å²) in [6.45, 7) is 3.91. The molecule has 1 heterocycles. The van der Waals surface area contributed by atoms with Crippen LogP contribution in [-0.4, -0.2) is 20.6 Å². The Morgan fingerprint density at radius 2 is 1.82 bits per heavy atom. The summed E-state index contributed by atoms with van der Waals surface area (Å²) in [4.78, 5) is 14.2. The maximum atomic E-state index is 13.0. The number of carbonyl (C=O) groups excluding carboxylic acids is 1. The van der Waals surface area contributed by atoms with Crippen LogP contribution >= 0.6 is 11.3 Å². The fraction of sp³-hybridized carbons (Fsp3) is 0.227. The molecule has 0 aliphatic heterocycles. The molecule has 1 atom stereocenters. The van der Waals surface area contributed by atoms with Crippen molar-refractivity contribution in [1.29, 1.82) is 0 Å². The Kier molecular flexibility index (Phi) is 6.01. The van der Waals surface area contributed by atoms with Gasteiger partial charge >= 0.3 is 0 Å². The predicted molar refractivity (Wildman–Crippen MR) is 114 cm³/mol. The molecule has 3 rings (SSSR count). The van der Waals surface area contributed by atoms with E-state index in [1.54, 1.807) is 24.3 Å². The van der Waals surface area contributed by atoms with E-state index in [0.29, 0.717) is 5.56 Å². The molecule has 28 heavy (non-hydrogen) atoms. The first-order valence-corrected chi connectivity index (χ1v) is 11.8. The smallest absolute Gasteiger partial charge is 0.252 e. The second-order valence-corrected chi connectivity index (χ2v) is 9.76. The van der Waals surface area contributed by atoms with Crippen molar-refractivity contribution in [1.82, 2.24) is 5.32 Å². The van der Waals surface area contributed by atoms with Gasteiger partial charge in [0.15, 0.2) is 9.84 Å². The minimum Gasteiger partial charge on any atom is -0.340 e. The Morgan fingerprint density at radius 3 is 2.39 bits per heavy atom. The van der Waals surface area contributed by atoms with Crippen molar-refractivity contribution in [2.45, 2.75) is 31.2 Å². The molecule has 0 unspecified atom stereocenters. The van der Waals surface area contributed by atoms with Gasteiger partial charge in [0.05, 0.1) is 10.9 Å². The number of hydrogen-bond acceptors (Lipinski definition) is 4. The van der Waals surface area contributed by atoms with E-state index in [2.05, 4.69) is 24.4 Å². The average Bonchev–Trinajstić information content (AvgIpc) is 3.20. The molecule has 0 fully saturated rings. The third-order valence-electron chi connectivity index (χ3n) is 4.71. The quantitative estimate of drug-likeness (QED) is 0.645. The largest absolute Gasteiger partial charge is 0.340 e. The molecular weight excluding hydrogens is 390 g/mol. The number of nitrogens with one attached hydrogen (secondary N) is 1. The van der Waals surface area contributed by atoms with Crippen LogP contribution in [0.15, 0.2) is 64.9 Å². The number of aryl methyl sites for hydroxylation is 2. The summed E-state index contributed by atoms with van der Waals surface area (Å²) < 4.78 is 23.8. The van der Waals surface area contributed by atoms with Crippen LogP contribution in [0.3, 0.4) is 0 Å². The van der Waals surface area contributed by atoms with Crippen LogP contribution < -0.4 is 5.32 Å². The van der Waals surface area contributed by atoms with Gasteiger partial charge in [-0.25, -0.2) is 8.42 Å². The summed E-state index contributed by atoms with van der Waals surface area (Å²) in [6.07, 6.45) is 2.09. The highest BCUT2D eigenvalue weighted by atomic mass is 32.2. The maximum Gasteiger partial charge on any atom is 0.252 e. The zero-order valence-electron chi connectivity index (χ0n) is 16.1. The van der Waals surface area contributed by atoms with Crippen LogP contribution in [0.2, 0.25) is 0 Å². The summed E-state index contributed by atoms with van der Waals surface area (Å²) in [5.74, 6) is -0.291. The highest BCUT2D eigenvalue weighted by Crippen LogP contribution is 2.27. The van der Waals surface area contributed by atoms with Crippen LogP contribution in [0.5, 0.6) is 0 Å². The molecule has 4 nitrogen and oxygen atoms in total. The molecule has 0 radical (unpaired) electrons. The van der Waals surface area contributed by atoms with Gasteiger partial charge in [-0.1, -0.05) is 43.3 Å². The van der Waals surface area contributed by atoms with E-state index in [-0.39, 0.29) is 16.8 Å². The van der Waals surface area contributed by atoms with E-state index in [0.717, 1.165) is 28.7 Å². The summed E-state index contributed by atoms with van der Waals surface area (Å²) in [6, 6.07) is 16.5. The molecule has 1 N–H and O–H groups in total. The van der Waals surface area contributed by atoms with Crippen LogP contribution in [-0.2, 0) is 16.3 Å². The third-order valence-corrected chi connectivity index (χ3v) is 6.75. The number of thiophene rings is 1. The van der Waals surface area contributed by atoms with Gasteiger partial charge in [0, 0.05) is 16.7 Å². The molecule has 0 saturated carbocycles. The van der Waals surface area contributed by atoms with Crippen LogP contribution in [0.4, 0.5) is 0 Å². The fourth-order valence-corrected chi connectivity index (χ4v) is 4.45. The molecule has 0 spiro atoms. The Morgan fingerprint density at radius 1 is 1.11 bits per heavy atom. The maximum absolute atomic E-state index is 13.0. The van der Waals surface area contributed by atoms with Crippen molar-refractivity contribution >= 4 is 27.1 Å². The molecule has 1 amide bonds. The molecule has 146 valence electrons. The van der Waals surface area contributed by atoms with Crippen molar-refractivity contribution in [3.8, 4) is 0 Å². The molecule has 1 aromatic heterocycles. The minimum atomic E-state index is -3.39. The summed E-state index contributed by atoms with van der Waals surface area (Å²) in [5.41, 5.74) is 3.33. The van der Waals surface area contributed by atoms with Crippen molar-refractivity contribution in [2.24, 2.45) is 0 Å². The van der Waals surface area contributed by atoms with Gasteiger partial charge in [-0.3, -0.25) is 4.79 Å². The van der Waals surface area contributed by atoms with Crippen molar-refractivity contribution < 1.29 is 13.2 Å². The van der Waals surface area contributed by atoms with Gasteiger partial charge < -0.3 is 5.32 Å². The molecule has 0 bridgehead atoms. The SMILES string of the molecule is CCc1ccc([C@H](NC(=O)c2cc(S(C)(=O)=O)ccc2C)c2cccs2)cc1. The number of amides is 1. The van der Waals surface area contributed by atoms with E-state index in [1.165, 1.54) is 17.7 Å². The zero-order valence-corrected chi connectivity index (χ0v) is 17.7. The van der Waals surface area contributed by atoms with Gasteiger partial charge in [-0.2, -0.15) is 0 Å². The first-order chi connectivity index (χ1) is 13.3. The Hall–Kier alpha value is -2.44. The Balaban J connectivity index is 1.96. The number of rotatable bonds is 6. The molecule has 0 saturated heterocycles. The summed E-state index contributed by atoms with van der Waals surface area (Å²) in [7, 11) is -3.39. The van der Waals surface area contributed by atoms with Crippen LogP contribution in [0.1, 0.15) is 44.9 Å². The lowest BCUT2D eigenvalue weighted by atomic mass is 10.0. The molecular formula is C22H23NO3S2. The normalized spacial score (nSPS) is 12.5. The Bertz CT molecular complexity index is 1070. The van der Waals surface area contributed by atoms with Crippen molar-refractivity contribution in [3.63, 3.8) is 0 Å². The van der Waals surface area contributed by atoms with Gasteiger partial charge in [0.1, 0.15) is 0 Å². The highest BCUT2D eigenvalue weighted by molar-refractivity contribution is 7.90. The standard InChI is InChI=1S/C22H23NO3S2/c1-4-16-8-10-17(11-9-16)21(20-6-5-13-27-20)23-22(24)19-14-18(28(3,25)26)12-7-15(19)2/h5-14,21H,4H2,1-3H3,(H,23,24)/t21-/m0/s1. The zero-order chi connectivity index (χ0) is 20.3. The average molecular weight is 414 g/mol. The van der Waals surface area contributed by atoms with Crippen LogP contribution in [0, 0.1) is 6.92 Å². The van der Waals surface area contributed by atoms with Gasteiger partial charge in [0.2, 0.25) is 0 Å². The lowest BCUT2D eigenvalue weighted by Crippen LogP contribution is -2.29. The third kappa shape index (κ3) is 4.51. The monoisotopic (exact) mass is 413 g/mol. The first-order valence-electron chi connectivity index (χ1n) is 9.03. The van der Waals surface area contributed by atoms with Gasteiger partial charge in [-0.05, 0) is 53.6 Å². The molecule has 6 heteroatoms. The predicted octanol–water partition coefficient (Wildman–Crippen LogP) is 4.54. The molecule has 0 aliphatic rings. The summed E-state index contributed by atoms with van der Waals surface area (Å²) in [5, 5.41) is 5.06. The van der Waals surface area contributed by atoms with E-state index in [9.17, 15) is 13.2 Å². The number of carbonyl (C=O) groups is 1. The first kappa shape index (κ1) is 20.3. The lowest BCUT2D eigenvalue weighted by molar-refractivity contribution is 0.0942. The lowest BCUT2D eigenvalue weighted by Gasteiger charge is -2.19. The Labute approximate surface area is 170 Å². The van der Waals surface area contributed by atoms with E-state index < -0.39 is 9.84 Å². The summed E-state index contributed by atoms with van der Waals surface area (Å²) >= 11 is 1.57.